The predicted molar refractivity (Wildman–Crippen MR) is 124 cm³/mol. The molecule has 7 heteroatoms. The van der Waals surface area contributed by atoms with Gasteiger partial charge in [0.25, 0.3) is 0 Å². The summed E-state index contributed by atoms with van der Waals surface area (Å²) in [6, 6.07) is 17.5. The second-order valence-corrected chi connectivity index (χ2v) is 7.34. The van der Waals surface area contributed by atoms with Gasteiger partial charge in [-0.15, -0.1) is 24.0 Å². The highest BCUT2D eigenvalue weighted by molar-refractivity contribution is 14.0. The van der Waals surface area contributed by atoms with Crippen LogP contribution in [0, 0.1) is 0 Å². The Kier molecular flexibility index (Phi) is 11.0. The SMILES string of the molecule is CCNC(=NCCS(=O)c1ccccc1)N(C)Cc1ccccc1OC.I. The minimum absolute atomic E-state index is 0. The number of halogens is 1. The molecule has 0 saturated carbocycles. The Morgan fingerprint density at radius 3 is 2.48 bits per heavy atom. The summed E-state index contributed by atoms with van der Waals surface area (Å²) < 4.78 is 17.7. The van der Waals surface area contributed by atoms with E-state index in [1.54, 1.807) is 7.11 Å². The quantitative estimate of drug-likeness (QED) is 0.342. The molecule has 0 bridgehead atoms. The molecule has 148 valence electrons. The van der Waals surface area contributed by atoms with Crippen LogP contribution in [0.2, 0.25) is 0 Å². The van der Waals surface area contributed by atoms with E-state index in [1.807, 2.05) is 73.5 Å². The molecular formula is C20H28IN3O2S. The second-order valence-electron chi connectivity index (χ2n) is 5.77. The normalized spacial score (nSPS) is 12.0. The molecule has 0 amide bonds. The van der Waals surface area contributed by atoms with Crippen molar-refractivity contribution in [2.45, 2.75) is 18.4 Å². The third-order valence-electron chi connectivity index (χ3n) is 3.84. The maximum Gasteiger partial charge on any atom is 0.193 e. The summed E-state index contributed by atoms with van der Waals surface area (Å²) in [5.74, 6) is 2.16. The highest BCUT2D eigenvalue weighted by Gasteiger charge is 2.10. The summed E-state index contributed by atoms with van der Waals surface area (Å²) in [7, 11) is 2.63. The number of hydrogen-bond acceptors (Lipinski definition) is 3. The monoisotopic (exact) mass is 501 g/mol. The van der Waals surface area contributed by atoms with Crippen LogP contribution in [-0.4, -0.2) is 48.1 Å². The van der Waals surface area contributed by atoms with Crippen molar-refractivity contribution in [1.29, 1.82) is 0 Å². The van der Waals surface area contributed by atoms with E-state index < -0.39 is 10.8 Å². The highest BCUT2D eigenvalue weighted by atomic mass is 127. The van der Waals surface area contributed by atoms with E-state index in [0.29, 0.717) is 18.8 Å². The number of rotatable bonds is 8. The van der Waals surface area contributed by atoms with Gasteiger partial charge in [-0.25, -0.2) is 0 Å². The van der Waals surface area contributed by atoms with Crippen molar-refractivity contribution < 1.29 is 8.95 Å². The molecule has 27 heavy (non-hydrogen) atoms. The maximum atomic E-state index is 12.3. The van der Waals surface area contributed by atoms with Crippen molar-refractivity contribution >= 4 is 40.7 Å². The smallest absolute Gasteiger partial charge is 0.193 e. The van der Waals surface area contributed by atoms with Crippen molar-refractivity contribution in [2.75, 3.05) is 33.0 Å². The van der Waals surface area contributed by atoms with E-state index in [0.717, 1.165) is 28.7 Å². The van der Waals surface area contributed by atoms with Crippen LogP contribution < -0.4 is 10.1 Å². The van der Waals surface area contributed by atoms with E-state index in [9.17, 15) is 4.21 Å². The van der Waals surface area contributed by atoms with Gasteiger partial charge in [0.1, 0.15) is 5.75 Å². The van der Waals surface area contributed by atoms with Gasteiger partial charge in [-0.1, -0.05) is 36.4 Å². The topological polar surface area (TPSA) is 53.9 Å². The van der Waals surface area contributed by atoms with E-state index in [-0.39, 0.29) is 24.0 Å². The zero-order valence-corrected chi connectivity index (χ0v) is 19.2. The molecule has 0 fully saturated rings. The Balaban J connectivity index is 0.00000364. The number of nitrogens with one attached hydrogen (secondary N) is 1. The van der Waals surface area contributed by atoms with Crippen LogP contribution in [0.3, 0.4) is 0 Å². The van der Waals surface area contributed by atoms with Crippen LogP contribution in [0.25, 0.3) is 0 Å². The number of aliphatic imine (C=N–C) groups is 1. The minimum atomic E-state index is -1.03. The van der Waals surface area contributed by atoms with Crippen LogP contribution in [0.1, 0.15) is 12.5 Å². The van der Waals surface area contributed by atoms with E-state index in [2.05, 4.69) is 10.3 Å². The molecule has 0 aliphatic rings. The average Bonchev–Trinajstić information content (AvgIpc) is 2.68. The molecule has 2 rings (SSSR count). The molecule has 0 aromatic heterocycles. The third-order valence-corrected chi connectivity index (χ3v) is 5.19. The van der Waals surface area contributed by atoms with Crippen LogP contribution in [0.4, 0.5) is 0 Å². The van der Waals surface area contributed by atoms with Gasteiger partial charge in [-0.2, -0.15) is 0 Å². The van der Waals surface area contributed by atoms with E-state index in [4.69, 9.17) is 4.74 Å². The summed E-state index contributed by atoms with van der Waals surface area (Å²) in [6.45, 7) is 3.99. The average molecular weight is 501 g/mol. The van der Waals surface area contributed by atoms with Gasteiger partial charge in [-0.05, 0) is 25.1 Å². The van der Waals surface area contributed by atoms with Gasteiger partial charge in [0.15, 0.2) is 5.96 Å². The lowest BCUT2D eigenvalue weighted by Crippen LogP contribution is -2.38. The summed E-state index contributed by atoms with van der Waals surface area (Å²) in [6.07, 6.45) is 0. The van der Waals surface area contributed by atoms with Crippen LogP contribution >= 0.6 is 24.0 Å². The fourth-order valence-corrected chi connectivity index (χ4v) is 3.51. The molecule has 1 atom stereocenters. The Labute approximate surface area is 181 Å². The lowest BCUT2D eigenvalue weighted by molar-refractivity contribution is 0.396. The molecule has 1 N–H and O–H groups in total. The standard InChI is InChI=1S/C20H27N3O2S.HI/c1-4-21-20(22-14-15-26(24)18-11-6-5-7-12-18)23(2)16-17-10-8-9-13-19(17)25-3;/h5-13H,4,14-16H2,1-3H3,(H,21,22);1H. The summed E-state index contributed by atoms with van der Waals surface area (Å²) in [4.78, 5) is 7.52. The van der Waals surface area contributed by atoms with Gasteiger partial charge in [-0.3, -0.25) is 9.20 Å². The molecule has 1 unspecified atom stereocenters. The lowest BCUT2D eigenvalue weighted by Gasteiger charge is -2.23. The van der Waals surface area contributed by atoms with Gasteiger partial charge in [0.2, 0.25) is 0 Å². The Morgan fingerprint density at radius 1 is 1.15 bits per heavy atom. The molecule has 0 spiro atoms. The maximum absolute atomic E-state index is 12.3. The van der Waals surface area contributed by atoms with E-state index >= 15 is 0 Å². The second kappa shape index (κ2) is 12.7. The lowest BCUT2D eigenvalue weighted by atomic mass is 10.2. The number of nitrogens with zero attached hydrogens (tertiary/aromatic N) is 2. The Hall–Kier alpha value is -1.61. The molecule has 2 aromatic rings. The Morgan fingerprint density at radius 2 is 1.81 bits per heavy atom. The first-order valence-electron chi connectivity index (χ1n) is 8.70. The summed E-state index contributed by atoms with van der Waals surface area (Å²) in [5.41, 5.74) is 1.09. The fraction of sp³-hybridized carbons (Fsp3) is 0.350. The van der Waals surface area contributed by atoms with Crippen LogP contribution in [0.5, 0.6) is 5.75 Å². The van der Waals surface area contributed by atoms with E-state index in [1.165, 1.54) is 0 Å². The van der Waals surface area contributed by atoms with Crippen molar-refractivity contribution in [3.05, 3.63) is 60.2 Å². The molecule has 0 heterocycles. The van der Waals surface area contributed by atoms with Gasteiger partial charge >= 0.3 is 0 Å². The number of methoxy groups -OCH3 is 1. The van der Waals surface area contributed by atoms with Crippen LogP contribution in [0.15, 0.2) is 64.5 Å². The molecule has 0 radical (unpaired) electrons. The number of ether oxygens (including phenoxy) is 1. The number of guanidine groups is 1. The first-order valence-corrected chi connectivity index (χ1v) is 10.0. The molecule has 5 nitrogen and oxygen atoms in total. The third kappa shape index (κ3) is 7.50. The number of para-hydroxylation sites is 1. The summed E-state index contributed by atoms with van der Waals surface area (Å²) in [5, 5.41) is 3.29. The van der Waals surface area contributed by atoms with Crippen molar-refractivity contribution in [1.82, 2.24) is 10.2 Å². The first-order chi connectivity index (χ1) is 12.7. The Bertz CT molecular complexity index is 741. The first kappa shape index (κ1) is 23.4. The van der Waals surface area contributed by atoms with Gasteiger partial charge < -0.3 is 15.0 Å². The fourth-order valence-electron chi connectivity index (χ4n) is 2.56. The van der Waals surface area contributed by atoms with Crippen LogP contribution in [-0.2, 0) is 17.3 Å². The number of hydrogen-bond donors (Lipinski definition) is 1. The van der Waals surface area contributed by atoms with Crippen molar-refractivity contribution in [3.63, 3.8) is 0 Å². The minimum Gasteiger partial charge on any atom is -0.496 e. The van der Waals surface area contributed by atoms with Gasteiger partial charge in [0.05, 0.1) is 24.5 Å². The van der Waals surface area contributed by atoms with Crippen molar-refractivity contribution in [2.24, 2.45) is 4.99 Å². The zero-order valence-electron chi connectivity index (χ0n) is 16.1. The molecule has 2 aromatic carbocycles. The largest absolute Gasteiger partial charge is 0.496 e. The van der Waals surface area contributed by atoms with Gasteiger partial charge in [0, 0.05) is 36.3 Å². The highest BCUT2D eigenvalue weighted by Crippen LogP contribution is 2.18. The molecular weight excluding hydrogens is 473 g/mol. The molecule has 0 saturated heterocycles. The zero-order chi connectivity index (χ0) is 18.8. The summed E-state index contributed by atoms with van der Waals surface area (Å²) >= 11 is 0. The number of benzene rings is 2. The van der Waals surface area contributed by atoms with Crippen molar-refractivity contribution in [3.8, 4) is 5.75 Å². The molecule has 0 aliphatic carbocycles. The molecule has 0 aliphatic heterocycles. The predicted octanol–water partition coefficient (Wildman–Crippen LogP) is 3.52.